The van der Waals surface area contributed by atoms with Crippen LogP contribution in [0.25, 0.3) is 5.69 Å². The zero-order chi connectivity index (χ0) is 30.5. The van der Waals surface area contributed by atoms with Crippen LogP contribution in [0.1, 0.15) is 58.9 Å². The lowest BCUT2D eigenvalue weighted by Crippen LogP contribution is -2.36. The number of benzene rings is 2. The molecule has 226 valence electrons. The van der Waals surface area contributed by atoms with Crippen molar-refractivity contribution in [2.24, 2.45) is 0 Å². The van der Waals surface area contributed by atoms with E-state index in [0.29, 0.717) is 45.9 Å². The number of sulfonamides is 1. The van der Waals surface area contributed by atoms with Crippen molar-refractivity contribution >= 4 is 16.0 Å². The van der Waals surface area contributed by atoms with E-state index in [0.717, 1.165) is 0 Å². The second-order valence-electron chi connectivity index (χ2n) is 10.6. The van der Waals surface area contributed by atoms with E-state index in [-0.39, 0.29) is 41.5 Å². The average Bonchev–Trinajstić information content (AvgIpc) is 3.41. The van der Waals surface area contributed by atoms with Gasteiger partial charge in [0.2, 0.25) is 10.0 Å². The zero-order valence-electron chi connectivity index (χ0n) is 22.8. The van der Waals surface area contributed by atoms with Crippen molar-refractivity contribution in [3.05, 3.63) is 83.4 Å². The van der Waals surface area contributed by atoms with Crippen LogP contribution < -0.4 is 4.74 Å². The van der Waals surface area contributed by atoms with E-state index in [2.05, 4.69) is 15.4 Å². The summed E-state index contributed by atoms with van der Waals surface area (Å²) in [5, 5.41) is 21.7. The second-order valence-corrected chi connectivity index (χ2v) is 12.5. The minimum atomic E-state index is -4.45. The number of carboxylic acids is 1. The number of aromatic nitrogens is 5. The molecule has 3 atom stereocenters. The molecule has 15 heteroatoms. The number of rotatable bonds is 8. The topological polar surface area (TPSA) is 132 Å². The van der Waals surface area contributed by atoms with Crippen molar-refractivity contribution in [2.45, 2.75) is 61.9 Å². The summed E-state index contributed by atoms with van der Waals surface area (Å²) in [4.78, 5) is 12.2. The third-order valence-corrected chi connectivity index (χ3v) is 9.44. The van der Waals surface area contributed by atoms with Crippen molar-refractivity contribution in [3.8, 4) is 11.4 Å². The standard InChI is InChI=1S/C28H27F3N6O5S/c1-2-19-14-36(43(40,41)25-9-4-3-8-24(25)42-19)13-17-6-5-7-18(10-17)37-26(22(12-32-37)27(38)39)21-11-20(21)23-15-35(34-33-23)16-28(29,30)31/h3-10,12,15,19-21H,2,11,13-14,16H2,1H3,(H,38,39)/t19-,20-,21-/m1/s1. The van der Waals surface area contributed by atoms with E-state index in [9.17, 15) is 31.5 Å². The highest BCUT2D eigenvalue weighted by Crippen LogP contribution is 2.55. The molecule has 4 aromatic rings. The molecular weight excluding hydrogens is 589 g/mol. The normalized spacial score (nSPS) is 21.5. The molecule has 1 aliphatic carbocycles. The molecule has 0 amide bonds. The lowest BCUT2D eigenvalue weighted by Gasteiger charge is -2.22. The number of hydrogen-bond acceptors (Lipinski definition) is 7. The zero-order valence-corrected chi connectivity index (χ0v) is 23.7. The fraction of sp³-hybridized carbons (Fsp3) is 0.357. The first-order valence-corrected chi connectivity index (χ1v) is 15.0. The molecule has 0 unspecified atom stereocenters. The van der Waals surface area contributed by atoms with Crippen molar-refractivity contribution in [2.75, 3.05) is 6.54 Å². The first kappa shape index (κ1) is 28.9. The van der Waals surface area contributed by atoms with Gasteiger partial charge in [-0.05, 0) is 42.7 Å². The van der Waals surface area contributed by atoms with Gasteiger partial charge in [-0.1, -0.05) is 36.4 Å². The predicted octanol–water partition coefficient (Wildman–Crippen LogP) is 4.36. The van der Waals surface area contributed by atoms with Gasteiger partial charge in [0.1, 0.15) is 28.9 Å². The molecule has 2 aliphatic rings. The van der Waals surface area contributed by atoms with Gasteiger partial charge >= 0.3 is 12.1 Å². The Hall–Kier alpha value is -4.24. The van der Waals surface area contributed by atoms with Crippen molar-refractivity contribution in [1.29, 1.82) is 0 Å². The van der Waals surface area contributed by atoms with Gasteiger partial charge in [0, 0.05) is 24.6 Å². The van der Waals surface area contributed by atoms with E-state index in [1.54, 1.807) is 42.5 Å². The number of para-hydroxylation sites is 1. The van der Waals surface area contributed by atoms with Gasteiger partial charge < -0.3 is 9.84 Å². The third-order valence-electron chi connectivity index (χ3n) is 7.59. The van der Waals surface area contributed by atoms with Crippen molar-refractivity contribution in [3.63, 3.8) is 0 Å². The van der Waals surface area contributed by atoms with Crippen LogP contribution in [-0.4, -0.2) is 67.4 Å². The maximum Gasteiger partial charge on any atom is 0.408 e. The third kappa shape index (κ3) is 5.73. The van der Waals surface area contributed by atoms with Gasteiger partial charge in [-0.3, -0.25) is 0 Å². The van der Waals surface area contributed by atoms with E-state index >= 15 is 0 Å². The summed E-state index contributed by atoms with van der Waals surface area (Å²) >= 11 is 0. The summed E-state index contributed by atoms with van der Waals surface area (Å²) in [5.74, 6) is -1.57. The van der Waals surface area contributed by atoms with Crippen LogP contribution in [0.4, 0.5) is 13.2 Å². The lowest BCUT2D eigenvalue weighted by atomic mass is 10.1. The summed E-state index contributed by atoms with van der Waals surface area (Å²) in [6, 6.07) is 13.5. The highest BCUT2D eigenvalue weighted by Gasteiger charge is 2.46. The Morgan fingerprint density at radius 3 is 2.67 bits per heavy atom. The minimum Gasteiger partial charge on any atom is -0.488 e. The van der Waals surface area contributed by atoms with Crippen LogP contribution in [0.2, 0.25) is 0 Å². The lowest BCUT2D eigenvalue weighted by molar-refractivity contribution is -0.142. The SMILES string of the molecule is CC[C@@H]1CN(Cc2cccc(-n3ncc(C(=O)O)c3[C@@H]3C[C@H]3c3cn(CC(F)(F)F)nn3)c2)S(=O)(=O)c2ccccc2O1. The first-order valence-electron chi connectivity index (χ1n) is 13.6. The quantitative estimate of drug-likeness (QED) is 0.309. The summed E-state index contributed by atoms with van der Waals surface area (Å²) in [5.41, 5.74) is 1.86. The molecule has 6 rings (SSSR count). The Kier molecular flexibility index (Phi) is 7.24. The number of aromatic carboxylic acids is 1. The molecule has 1 saturated carbocycles. The van der Waals surface area contributed by atoms with Gasteiger partial charge in [0.15, 0.2) is 0 Å². The number of hydrogen-bond donors (Lipinski definition) is 1. The smallest absolute Gasteiger partial charge is 0.408 e. The van der Waals surface area contributed by atoms with E-state index in [1.807, 2.05) is 6.92 Å². The maximum absolute atomic E-state index is 13.6. The molecular formula is C28H27F3N6O5S. The van der Waals surface area contributed by atoms with Gasteiger partial charge in [-0.2, -0.15) is 22.6 Å². The molecule has 0 saturated heterocycles. The van der Waals surface area contributed by atoms with Gasteiger partial charge in [-0.25, -0.2) is 22.6 Å². The number of nitrogens with zero attached hydrogens (tertiary/aromatic N) is 6. The molecule has 0 radical (unpaired) electrons. The number of alkyl halides is 3. The van der Waals surface area contributed by atoms with Gasteiger partial charge in [0.05, 0.1) is 29.8 Å². The molecule has 43 heavy (non-hydrogen) atoms. The predicted molar refractivity (Wildman–Crippen MR) is 145 cm³/mol. The Balaban J connectivity index is 1.29. The van der Waals surface area contributed by atoms with Crippen LogP contribution in [0.5, 0.6) is 5.75 Å². The van der Waals surface area contributed by atoms with E-state index in [1.165, 1.54) is 27.4 Å². The van der Waals surface area contributed by atoms with Crippen molar-refractivity contribution < 1.29 is 36.2 Å². The maximum atomic E-state index is 13.6. The number of carbonyl (C=O) groups is 1. The summed E-state index contributed by atoms with van der Waals surface area (Å²) < 4.78 is 75.2. The molecule has 1 aliphatic heterocycles. The summed E-state index contributed by atoms with van der Waals surface area (Å²) in [6.07, 6.45) is -1.28. The number of ether oxygens (including phenoxy) is 1. The molecule has 2 aromatic carbocycles. The number of halogens is 3. The minimum absolute atomic E-state index is 0.0322. The van der Waals surface area contributed by atoms with Crippen LogP contribution in [-0.2, 0) is 23.1 Å². The van der Waals surface area contributed by atoms with Crippen LogP contribution in [0.3, 0.4) is 0 Å². The molecule has 2 aromatic heterocycles. The van der Waals surface area contributed by atoms with Gasteiger partial charge in [0.25, 0.3) is 0 Å². The second kappa shape index (κ2) is 10.8. The Morgan fingerprint density at radius 2 is 1.93 bits per heavy atom. The largest absolute Gasteiger partial charge is 0.488 e. The van der Waals surface area contributed by atoms with Crippen molar-refractivity contribution in [1.82, 2.24) is 29.1 Å². The van der Waals surface area contributed by atoms with Crippen LogP contribution in [0, 0.1) is 0 Å². The monoisotopic (exact) mass is 616 g/mol. The number of carboxylic acid groups (broad SMARTS) is 1. The Labute approximate surface area is 244 Å². The molecule has 1 N–H and O–H groups in total. The van der Waals surface area contributed by atoms with E-state index < -0.39 is 28.7 Å². The molecule has 11 nitrogen and oxygen atoms in total. The fourth-order valence-electron chi connectivity index (χ4n) is 5.45. The van der Waals surface area contributed by atoms with Gasteiger partial charge in [-0.15, -0.1) is 5.10 Å². The fourth-order valence-corrected chi connectivity index (χ4v) is 7.03. The summed E-state index contributed by atoms with van der Waals surface area (Å²) in [7, 11) is -3.88. The van der Waals surface area contributed by atoms with Crippen LogP contribution in [0.15, 0.2) is 65.8 Å². The van der Waals surface area contributed by atoms with E-state index in [4.69, 9.17) is 4.74 Å². The molecule has 0 spiro atoms. The Bertz CT molecular complexity index is 1790. The first-order chi connectivity index (χ1) is 20.4. The average molecular weight is 617 g/mol. The molecule has 3 heterocycles. The molecule has 0 bridgehead atoms. The highest BCUT2D eigenvalue weighted by atomic mass is 32.2. The highest BCUT2D eigenvalue weighted by molar-refractivity contribution is 7.89. The molecule has 1 fully saturated rings. The summed E-state index contributed by atoms with van der Waals surface area (Å²) in [6.45, 7) is 0.838. The Morgan fingerprint density at radius 1 is 1.14 bits per heavy atom. The number of fused-ring (bicyclic) bond motifs is 1. The van der Waals surface area contributed by atoms with Crippen LogP contribution >= 0.6 is 0 Å².